The van der Waals surface area contributed by atoms with Crippen LogP contribution in [0.5, 0.6) is 0 Å². The van der Waals surface area contributed by atoms with Gasteiger partial charge < -0.3 is 10.2 Å². The van der Waals surface area contributed by atoms with Crippen LogP contribution in [-0.4, -0.2) is 31.8 Å². The molecular formula is C21H23FN4O2S2. The SMILES string of the molecule is Cc1ccsc1C(C(=O)NC(C)(C)C)N(Cc1ccc(F)cc1)C(=O)c1csnn1. The van der Waals surface area contributed by atoms with Gasteiger partial charge in [0.05, 0.1) is 0 Å². The lowest BCUT2D eigenvalue weighted by Gasteiger charge is -2.33. The van der Waals surface area contributed by atoms with Crippen molar-refractivity contribution in [3.05, 3.63) is 68.6 Å². The Kier molecular flexibility index (Phi) is 6.62. The third kappa shape index (κ3) is 5.28. The van der Waals surface area contributed by atoms with Crippen molar-refractivity contribution >= 4 is 34.7 Å². The van der Waals surface area contributed by atoms with Crippen LogP contribution in [0.2, 0.25) is 0 Å². The monoisotopic (exact) mass is 446 g/mol. The molecule has 1 unspecified atom stereocenters. The van der Waals surface area contributed by atoms with E-state index in [1.807, 2.05) is 39.1 Å². The van der Waals surface area contributed by atoms with E-state index in [9.17, 15) is 14.0 Å². The molecule has 0 spiro atoms. The second kappa shape index (κ2) is 9.01. The zero-order chi connectivity index (χ0) is 21.9. The summed E-state index contributed by atoms with van der Waals surface area (Å²) in [7, 11) is 0. The summed E-state index contributed by atoms with van der Waals surface area (Å²) in [5.74, 6) is -1.06. The van der Waals surface area contributed by atoms with Gasteiger partial charge in [-0.1, -0.05) is 16.6 Å². The van der Waals surface area contributed by atoms with E-state index in [2.05, 4.69) is 14.9 Å². The highest BCUT2D eigenvalue weighted by atomic mass is 32.1. The van der Waals surface area contributed by atoms with Gasteiger partial charge in [-0.3, -0.25) is 9.59 Å². The van der Waals surface area contributed by atoms with Gasteiger partial charge in [-0.2, -0.15) is 0 Å². The van der Waals surface area contributed by atoms with E-state index in [1.54, 1.807) is 17.5 Å². The lowest BCUT2D eigenvalue weighted by Crippen LogP contribution is -2.49. The molecule has 2 aromatic heterocycles. The summed E-state index contributed by atoms with van der Waals surface area (Å²) < 4.78 is 17.2. The molecule has 0 radical (unpaired) electrons. The molecule has 0 aliphatic carbocycles. The van der Waals surface area contributed by atoms with E-state index in [-0.39, 0.29) is 24.0 Å². The summed E-state index contributed by atoms with van der Waals surface area (Å²) in [5, 5.41) is 10.3. The molecule has 0 bridgehead atoms. The number of nitrogens with zero attached hydrogens (tertiary/aromatic N) is 3. The topological polar surface area (TPSA) is 75.2 Å². The van der Waals surface area contributed by atoms with Gasteiger partial charge in [0.25, 0.3) is 5.91 Å². The Balaban J connectivity index is 2.07. The summed E-state index contributed by atoms with van der Waals surface area (Å²) in [4.78, 5) is 29.0. The fraction of sp³-hybridized carbons (Fsp3) is 0.333. The van der Waals surface area contributed by atoms with Gasteiger partial charge in [-0.25, -0.2) is 4.39 Å². The number of aryl methyl sites for hydroxylation is 1. The summed E-state index contributed by atoms with van der Waals surface area (Å²) in [6.07, 6.45) is 0. The molecule has 0 aliphatic heterocycles. The molecule has 1 aromatic carbocycles. The molecule has 158 valence electrons. The fourth-order valence-corrected chi connectivity index (χ4v) is 4.44. The van der Waals surface area contributed by atoms with E-state index >= 15 is 0 Å². The lowest BCUT2D eigenvalue weighted by molar-refractivity contribution is -0.127. The highest BCUT2D eigenvalue weighted by Gasteiger charge is 2.36. The number of aromatic nitrogens is 2. The standard InChI is InChI=1S/C21H23FN4O2S2/c1-13-9-10-29-18(13)17(19(27)23-21(2,3)4)26(20(28)16-12-30-25-24-16)11-14-5-7-15(22)8-6-14/h5-10,12,17H,11H2,1-4H3,(H,23,27). The molecule has 3 aromatic rings. The number of thiophene rings is 1. The zero-order valence-corrected chi connectivity index (χ0v) is 18.8. The highest BCUT2D eigenvalue weighted by molar-refractivity contribution is 7.10. The predicted molar refractivity (Wildman–Crippen MR) is 116 cm³/mol. The first-order valence-electron chi connectivity index (χ1n) is 9.34. The first-order valence-corrected chi connectivity index (χ1v) is 11.1. The smallest absolute Gasteiger partial charge is 0.276 e. The summed E-state index contributed by atoms with van der Waals surface area (Å²) >= 11 is 2.49. The van der Waals surface area contributed by atoms with Crippen LogP contribution >= 0.6 is 22.9 Å². The summed E-state index contributed by atoms with van der Waals surface area (Å²) in [6.45, 7) is 7.70. The molecule has 9 heteroatoms. The van der Waals surface area contributed by atoms with Gasteiger partial charge in [0.15, 0.2) is 5.69 Å². The minimum atomic E-state index is -0.858. The number of halogens is 1. The maximum absolute atomic E-state index is 13.4. The molecule has 30 heavy (non-hydrogen) atoms. The van der Waals surface area contributed by atoms with Gasteiger partial charge in [0.1, 0.15) is 11.9 Å². The number of benzene rings is 1. The maximum Gasteiger partial charge on any atom is 0.276 e. The molecule has 2 heterocycles. The molecule has 2 amide bonds. The average molecular weight is 447 g/mol. The largest absolute Gasteiger partial charge is 0.349 e. The van der Waals surface area contributed by atoms with E-state index in [4.69, 9.17) is 0 Å². The number of carbonyl (C=O) groups excluding carboxylic acids is 2. The van der Waals surface area contributed by atoms with E-state index in [0.29, 0.717) is 5.56 Å². The van der Waals surface area contributed by atoms with Crippen LogP contribution in [0.4, 0.5) is 4.39 Å². The quantitative estimate of drug-likeness (QED) is 0.611. The molecule has 1 atom stereocenters. The average Bonchev–Trinajstić information content (AvgIpc) is 3.33. The maximum atomic E-state index is 13.4. The number of rotatable bonds is 6. The Morgan fingerprint density at radius 2 is 1.90 bits per heavy atom. The van der Waals surface area contributed by atoms with Crippen molar-refractivity contribution in [3.8, 4) is 0 Å². The van der Waals surface area contributed by atoms with Crippen molar-refractivity contribution in [1.29, 1.82) is 0 Å². The minimum Gasteiger partial charge on any atom is -0.349 e. The Hall–Kier alpha value is -2.65. The fourth-order valence-electron chi connectivity index (χ4n) is 2.98. The normalized spacial score (nSPS) is 12.4. The molecule has 0 saturated heterocycles. The van der Waals surface area contributed by atoms with Crippen molar-refractivity contribution < 1.29 is 14.0 Å². The Morgan fingerprint density at radius 3 is 2.43 bits per heavy atom. The van der Waals surface area contributed by atoms with Crippen molar-refractivity contribution in [2.75, 3.05) is 0 Å². The van der Waals surface area contributed by atoms with E-state index in [1.165, 1.54) is 28.4 Å². The molecule has 3 rings (SSSR count). The number of carbonyl (C=O) groups is 2. The van der Waals surface area contributed by atoms with Crippen molar-refractivity contribution in [1.82, 2.24) is 19.8 Å². The van der Waals surface area contributed by atoms with Crippen LogP contribution in [0.1, 0.15) is 53.3 Å². The van der Waals surface area contributed by atoms with Gasteiger partial charge in [-0.05, 0) is 73.9 Å². The van der Waals surface area contributed by atoms with Crippen LogP contribution in [-0.2, 0) is 11.3 Å². The minimum absolute atomic E-state index is 0.121. The summed E-state index contributed by atoms with van der Waals surface area (Å²) in [5.41, 5.74) is 1.32. The van der Waals surface area contributed by atoms with E-state index in [0.717, 1.165) is 22.0 Å². The lowest BCUT2D eigenvalue weighted by atomic mass is 10.0. The molecule has 0 saturated carbocycles. The second-order valence-electron chi connectivity index (χ2n) is 7.96. The molecule has 0 aliphatic rings. The Morgan fingerprint density at radius 1 is 1.20 bits per heavy atom. The Labute approximate surface area is 182 Å². The Bertz CT molecular complexity index is 1010. The van der Waals surface area contributed by atoms with Crippen molar-refractivity contribution in [3.63, 3.8) is 0 Å². The van der Waals surface area contributed by atoms with Gasteiger partial charge >= 0.3 is 0 Å². The first-order chi connectivity index (χ1) is 14.2. The molecule has 0 fully saturated rings. The van der Waals surface area contributed by atoms with Gasteiger partial charge in [0, 0.05) is 22.3 Å². The van der Waals surface area contributed by atoms with Crippen LogP contribution in [0.25, 0.3) is 0 Å². The third-order valence-corrected chi connectivity index (χ3v) is 5.89. The number of hydrogen-bond donors (Lipinski definition) is 1. The molecule has 6 nitrogen and oxygen atoms in total. The van der Waals surface area contributed by atoms with Gasteiger partial charge in [0.2, 0.25) is 5.91 Å². The van der Waals surface area contributed by atoms with Crippen molar-refractivity contribution in [2.45, 2.75) is 45.8 Å². The predicted octanol–water partition coefficient (Wildman–Crippen LogP) is 4.35. The summed E-state index contributed by atoms with van der Waals surface area (Å²) in [6, 6.07) is 6.95. The van der Waals surface area contributed by atoms with Crippen LogP contribution < -0.4 is 5.32 Å². The van der Waals surface area contributed by atoms with Crippen LogP contribution in [0.3, 0.4) is 0 Å². The highest BCUT2D eigenvalue weighted by Crippen LogP contribution is 2.32. The van der Waals surface area contributed by atoms with Gasteiger partial charge in [-0.15, -0.1) is 16.4 Å². The van der Waals surface area contributed by atoms with E-state index < -0.39 is 17.5 Å². The van der Waals surface area contributed by atoms with Crippen LogP contribution in [0.15, 0.2) is 41.1 Å². The third-order valence-electron chi connectivity index (χ3n) is 4.31. The molecular weight excluding hydrogens is 423 g/mol. The number of nitrogens with one attached hydrogen (secondary N) is 1. The zero-order valence-electron chi connectivity index (χ0n) is 17.2. The second-order valence-corrected chi connectivity index (χ2v) is 9.52. The number of hydrogen-bond acceptors (Lipinski definition) is 6. The van der Waals surface area contributed by atoms with Crippen molar-refractivity contribution in [2.24, 2.45) is 0 Å². The number of amides is 2. The molecule has 1 N–H and O–H groups in total. The van der Waals surface area contributed by atoms with Crippen LogP contribution in [0, 0.1) is 12.7 Å². The first kappa shape index (κ1) is 22.0.